The van der Waals surface area contributed by atoms with Crippen LogP contribution in [0.5, 0.6) is 5.75 Å². The minimum absolute atomic E-state index is 0.0754. The van der Waals surface area contributed by atoms with E-state index in [9.17, 15) is 0 Å². The summed E-state index contributed by atoms with van der Waals surface area (Å²) in [6.45, 7) is 4.37. The van der Waals surface area contributed by atoms with Gasteiger partial charge in [-0.3, -0.25) is 4.90 Å². The summed E-state index contributed by atoms with van der Waals surface area (Å²) in [5.74, 6) is 1.10. The van der Waals surface area contributed by atoms with Crippen molar-refractivity contribution in [3.05, 3.63) is 29.8 Å². The summed E-state index contributed by atoms with van der Waals surface area (Å²) in [4.78, 5) is 2.46. The molecule has 2 aliphatic heterocycles. The summed E-state index contributed by atoms with van der Waals surface area (Å²) in [6, 6.07) is 8.88. The Hall–Kier alpha value is -0.930. The Bertz CT molecular complexity index is 466. The number of para-hydroxylation sites is 1. The molecule has 0 amide bonds. The molecule has 0 N–H and O–H groups in total. The van der Waals surface area contributed by atoms with E-state index in [-0.39, 0.29) is 5.60 Å². The molecule has 0 bridgehead atoms. The molecule has 102 valence electrons. The monoisotopic (exact) mass is 275 g/mol. The van der Waals surface area contributed by atoms with Crippen molar-refractivity contribution in [2.75, 3.05) is 13.1 Å². The van der Waals surface area contributed by atoms with E-state index in [1.165, 1.54) is 5.56 Å². The number of fused-ring (bicyclic) bond motifs is 1. The number of piperidine rings is 1. The van der Waals surface area contributed by atoms with Crippen molar-refractivity contribution in [3.8, 4) is 5.75 Å². The minimum atomic E-state index is 0.0754. The molecular weight excluding hydrogens is 254 g/mol. The molecule has 2 heterocycles. The van der Waals surface area contributed by atoms with Crippen LogP contribution in [0.3, 0.4) is 0 Å². The second-order valence-electron chi connectivity index (χ2n) is 5.81. The highest BCUT2D eigenvalue weighted by atomic mass is 32.1. The molecule has 3 rings (SSSR count). The third-order valence-corrected chi connectivity index (χ3v) is 5.03. The zero-order chi connectivity index (χ0) is 13.3. The van der Waals surface area contributed by atoms with E-state index in [1.54, 1.807) is 0 Å². The predicted octanol–water partition coefficient (Wildman–Crippen LogP) is 3.23. The summed E-state index contributed by atoms with van der Waals surface area (Å²) in [5.41, 5.74) is 1.44. The smallest absolute Gasteiger partial charge is 0.123 e. The fourth-order valence-corrected chi connectivity index (χ4v) is 3.41. The number of benzene rings is 1. The summed E-state index contributed by atoms with van der Waals surface area (Å²) >= 11 is 5.06. The molecule has 0 radical (unpaired) electrons. The third-order valence-electron chi connectivity index (χ3n) is 4.63. The van der Waals surface area contributed by atoms with E-state index >= 15 is 0 Å². The van der Waals surface area contributed by atoms with E-state index in [0.717, 1.165) is 44.5 Å². The van der Waals surface area contributed by atoms with Gasteiger partial charge in [-0.1, -0.05) is 30.4 Å². The molecule has 0 aliphatic carbocycles. The quantitative estimate of drug-likeness (QED) is 0.769. The average molecular weight is 275 g/mol. The van der Waals surface area contributed by atoms with Crippen molar-refractivity contribution in [2.24, 2.45) is 0 Å². The number of hydrogen-bond donors (Lipinski definition) is 0. The van der Waals surface area contributed by atoms with Crippen LogP contribution in [0.15, 0.2) is 24.3 Å². The van der Waals surface area contributed by atoms with E-state index in [1.807, 2.05) is 5.37 Å². The topological polar surface area (TPSA) is 12.5 Å². The van der Waals surface area contributed by atoms with Crippen LogP contribution in [0.2, 0.25) is 0 Å². The van der Waals surface area contributed by atoms with Crippen LogP contribution < -0.4 is 4.74 Å². The lowest BCUT2D eigenvalue weighted by Gasteiger charge is -2.45. The predicted molar refractivity (Wildman–Crippen MR) is 82.0 cm³/mol. The minimum Gasteiger partial charge on any atom is -0.487 e. The van der Waals surface area contributed by atoms with Crippen molar-refractivity contribution in [1.82, 2.24) is 4.90 Å². The molecule has 3 heteroatoms. The van der Waals surface area contributed by atoms with Crippen LogP contribution >= 0.6 is 12.2 Å². The van der Waals surface area contributed by atoms with Crippen LogP contribution in [0.25, 0.3) is 0 Å². The number of nitrogens with zero attached hydrogens (tertiary/aromatic N) is 1. The van der Waals surface area contributed by atoms with Gasteiger partial charge in [-0.15, -0.1) is 0 Å². The maximum absolute atomic E-state index is 6.36. The van der Waals surface area contributed by atoms with Crippen LogP contribution in [-0.4, -0.2) is 35.0 Å². The van der Waals surface area contributed by atoms with Gasteiger partial charge in [0.2, 0.25) is 0 Å². The maximum atomic E-state index is 6.36. The van der Waals surface area contributed by atoms with Crippen molar-refractivity contribution in [1.29, 1.82) is 0 Å². The Morgan fingerprint density at radius 2 is 2.00 bits per heavy atom. The first-order valence-corrected chi connectivity index (χ1v) is 7.66. The number of hydrogen-bond acceptors (Lipinski definition) is 3. The van der Waals surface area contributed by atoms with Gasteiger partial charge in [0.15, 0.2) is 0 Å². The number of ether oxygens (including phenoxy) is 1. The lowest BCUT2D eigenvalue weighted by molar-refractivity contribution is -0.0169. The first-order valence-electron chi connectivity index (χ1n) is 7.19. The van der Waals surface area contributed by atoms with Gasteiger partial charge >= 0.3 is 0 Å². The lowest BCUT2D eigenvalue weighted by atomic mass is 9.83. The van der Waals surface area contributed by atoms with E-state index in [2.05, 4.69) is 36.1 Å². The standard InChI is InChI=1S/C16H21NOS/c1-13(12-19)17-10-8-16(9-11-17)7-6-14-4-2-3-5-15(14)18-16/h2-5,12-13H,6-11H2,1H3/t13-/m0/s1. The Kier molecular flexibility index (Phi) is 3.59. The molecule has 0 saturated carbocycles. The highest BCUT2D eigenvalue weighted by molar-refractivity contribution is 7.79. The molecule has 1 atom stereocenters. The van der Waals surface area contributed by atoms with E-state index < -0.39 is 0 Å². The lowest BCUT2D eigenvalue weighted by Crippen LogP contribution is -2.51. The number of aryl methyl sites for hydroxylation is 1. The molecule has 2 nitrogen and oxygen atoms in total. The largest absolute Gasteiger partial charge is 0.487 e. The SMILES string of the molecule is C[C@@H](C=S)N1CCC2(CCc3ccccc3O2)CC1. The van der Waals surface area contributed by atoms with Crippen molar-refractivity contribution in [2.45, 2.75) is 44.2 Å². The van der Waals surface area contributed by atoms with Gasteiger partial charge in [-0.05, 0) is 49.6 Å². The highest BCUT2D eigenvalue weighted by Gasteiger charge is 2.39. The summed E-state index contributed by atoms with van der Waals surface area (Å²) in [6.07, 6.45) is 4.55. The molecule has 0 aromatic heterocycles. The fourth-order valence-electron chi connectivity index (χ4n) is 3.23. The van der Waals surface area contributed by atoms with E-state index in [0.29, 0.717) is 6.04 Å². The van der Waals surface area contributed by atoms with Crippen molar-refractivity contribution >= 4 is 17.6 Å². The van der Waals surface area contributed by atoms with Crippen LogP contribution in [0.4, 0.5) is 0 Å². The summed E-state index contributed by atoms with van der Waals surface area (Å²) < 4.78 is 6.36. The number of likely N-dealkylation sites (tertiary alicyclic amines) is 1. The first-order chi connectivity index (χ1) is 9.22. The Labute approximate surface area is 120 Å². The van der Waals surface area contributed by atoms with Crippen LogP contribution in [0, 0.1) is 0 Å². The fraction of sp³-hybridized carbons (Fsp3) is 0.562. The highest BCUT2D eigenvalue weighted by Crippen LogP contribution is 2.39. The van der Waals surface area contributed by atoms with Gasteiger partial charge in [0.25, 0.3) is 0 Å². The normalized spacial score (nSPS) is 23.4. The third kappa shape index (κ3) is 2.54. The van der Waals surface area contributed by atoms with Gasteiger partial charge < -0.3 is 4.74 Å². The van der Waals surface area contributed by atoms with Crippen LogP contribution in [-0.2, 0) is 6.42 Å². The van der Waals surface area contributed by atoms with Gasteiger partial charge in [0.1, 0.15) is 11.4 Å². The van der Waals surface area contributed by atoms with E-state index in [4.69, 9.17) is 17.0 Å². The molecule has 1 aromatic carbocycles. The molecule has 2 aliphatic rings. The van der Waals surface area contributed by atoms with Gasteiger partial charge in [-0.25, -0.2) is 0 Å². The van der Waals surface area contributed by atoms with Crippen molar-refractivity contribution in [3.63, 3.8) is 0 Å². The van der Waals surface area contributed by atoms with Gasteiger partial charge in [0, 0.05) is 19.1 Å². The molecule has 19 heavy (non-hydrogen) atoms. The molecule has 1 aromatic rings. The molecule has 1 saturated heterocycles. The average Bonchev–Trinajstić information content (AvgIpc) is 2.47. The summed E-state index contributed by atoms with van der Waals surface area (Å²) in [5, 5.41) is 1.87. The molecule has 0 unspecified atom stereocenters. The van der Waals surface area contributed by atoms with Gasteiger partial charge in [0.05, 0.1) is 0 Å². The van der Waals surface area contributed by atoms with Gasteiger partial charge in [-0.2, -0.15) is 0 Å². The molecule has 1 fully saturated rings. The maximum Gasteiger partial charge on any atom is 0.123 e. The van der Waals surface area contributed by atoms with Crippen LogP contribution in [0.1, 0.15) is 31.7 Å². The zero-order valence-corrected chi connectivity index (χ0v) is 12.3. The Balaban J connectivity index is 1.70. The second-order valence-corrected chi connectivity index (χ2v) is 6.08. The second kappa shape index (κ2) is 5.22. The summed E-state index contributed by atoms with van der Waals surface area (Å²) in [7, 11) is 0. The number of thiocarbonyl (C=S) groups is 1. The Morgan fingerprint density at radius 1 is 1.26 bits per heavy atom. The molecule has 1 spiro atoms. The zero-order valence-electron chi connectivity index (χ0n) is 11.5. The molecular formula is C16H21NOS. The Morgan fingerprint density at radius 3 is 2.74 bits per heavy atom. The first kappa shape index (κ1) is 13.1. The number of rotatable bonds is 2. The van der Waals surface area contributed by atoms with Crippen molar-refractivity contribution < 1.29 is 4.74 Å².